The molecule has 0 fully saturated rings. The van der Waals surface area contributed by atoms with Crippen LogP contribution in [0.2, 0.25) is 0 Å². The molecule has 0 saturated heterocycles. The van der Waals surface area contributed by atoms with Crippen molar-refractivity contribution in [2.45, 2.75) is 53.3 Å². The Hall–Kier alpha value is -0.390. The van der Waals surface area contributed by atoms with Gasteiger partial charge in [0.2, 0.25) is 0 Å². The Morgan fingerprint density at radius 1 is 1.44 bits per heavy atom. The van der Waals surface area contributed by atoms with Crippen LogP contribution in [0.5, 0.6) is 0 Å². The molecule has 0 amide bonds. The molecule has 0 aliphatic heterocycles. The van der Waals surface area contributed by atoms with Crippen molar-refractivity contribution in [1.82, 2.24) is 15.1 Å². The average molecular weight is 318 g/mol. The van der Waals surface area contributed by atoms with Crippen molar-refractivity contribution < 1.29 is 5.11 Å². The molecule has 0 aliphatic rings. The molecule has 0 radical (unpaired) electrons. The molecule has 1 rings (SSSR count). The normalized spacial score (nSPS) is 13.3. The summed E-state index contributed by atoms with van der Waals surface area (Å²) in [5.74, 6) is 0.525. The van der Waals surface area contributed by atoms with E-state index in [2.05, 4.69) is 47.1 Å². The van der Waals surface area contributed by atoms with Crippen LogP contribution in [0.15, 0.2) is 4.47 Å². The number of hydrogen-bond donors (Lipinski definition) is 2. The molecule has 2 N–H and O–H groups in total. The zero-order valence-corrected chi connectivity index (χ0v) is 13.3. The minimum atomic E-state index is -0.275. The summed E-state index contributed by atoms with van der Waals surface area (Å²) in [5, 5.41) is 17.5. The van der Waals surface area contributed by atoms with Crippen molar-refractivity contribution in [1.29, 1.82) is 0 Å². The second kappa shape index (κ2) is 7.26. The first-order valence-corrected chi connectivity index (χ1v) is 7.35. The zero-order valence-electron chi connectivity index (χ0n) is 11.7. The van der Waals surface area contributed by atoms with E-state index in [4.69, 9.17) is 0 Å². The summed E-state index contributed by atoms with van der Waals surface area (Å²) < 4.78 is 3.05. The van der Waals surface area contributed by atoms with Gasteiger partial charge in [-0.15, -0.1) is 0 Å². The van der Waals surface area contributed by atoms with Gasteiger partial charge in [-0.25, -0.2) is 0 Å². The molecule has 1 aromatic rings. The zero-order chi connectivity index (χ0) is 13.7. The van der Waals surface area contributed by atoms with Crippen LogP contribution in [0.1, 0.15) is 38.6 Å². The van der Waals surface area contributed by atoms with Gasteiger partial charge in [0.25, 0.3) is 0 Å². The number of hydrogen-bond acceptors (Lipinski definition) is 3. The first kappa shape index (κ1) is 15.7. The van der Waals surface area contributed by atoms with Gasteiger partial charge in [0.05, 0.1) is 22.0 Å². The first-order chi connectivity index (χ1) is 8.45. The summed E-state index contributed by atoms with van der Waals surface area (Å²) >= 11 is 3.56. The van der Waals surface area contributed by atoms with Gasteiger partial charge < -0.3 is 10.4 Å². The van der Waals surface area contributed by atoms with Crippen molar-refractivity contribution in [3.05, 3.63) is 15.9 Å². The second-order valence-corrected chi connectivity index (χ2v) is 5.87. The second-order valence-electron chi connectivity index (χ2n) is 5.08. The summed E-state index contributed by atoms with van der Waals surface area (Å²) in [6.07, 6.45) is 0.558. The van der Waals surface area contributed by atoms with E-state index in [9.17, 15) is 5.11 Å². The molecule has 1 heterocycles. The molecule has 0 spiro atoms. The molecule has 0 bridgehead atoms. The smallest absolute Gasteiger partial charge is 0.0739 e. The molecule has 0 saturated carbocycles. The summed E-state index contributed by atoms with van der Waals surface area (Å²) in [6, 6.07) is 0. The molecular formula is C13H24BrN3O. The number of nitrogens with zero attached hydrogens (tertiary/aromatic N) is 2. The van der Waals surface area contributed by atoms with Gasteiger partial charge in [-0.1, -0.05) is 13.8 Å². The largest absolute Gasteiger partial charge is 0.392 e. The highest BCUT2D eigenvalue weighted by molar-refractivity contribution is 9.10. The fourth-order valence-electron chi connectivity index (χ4n) is 2.02. The van der Waals surface area contributed by atoms with Crippen molar-refractivity contribution in [2.75, 3.05) is 6.54 Å². The van der Waals surface area contributed by atoms with Gasteiger partial charge in [0.1, 0.15) is 0 Å². The van der Waals surface area contributed by atoms with Crippen LogP contribution < -0.4 is 5.32 Å². The number of aromatic nitrogens is 2. The van der Waals surface area contributed by atoms with E-state index >= 15 is 0 Å². The van der Waals surface area contributed by atoms with Gasteiger partial charge in [-0.2, -0.15) is 5.10 Å². The highest BCUT2D eigenvalue weighted by atomic mass is 79.9. The maximum absolute atomic E-state index is 9.80. The Balaban J connectivity index is 2.48. The Bertz CT molecular complexity index is 377. The predicted octanol–water partition coefficient (Wildman–Crippen LogP) is 2.47. The molecule has 0 aliphatic carbocycles. The molecule has 5 heteroatoms. The molecule has 1 aromatic heterocycles. The third-order valence-corrected chi connectivity index (χ3v) is 3.90. The molecule has 0 aromatic carbocycles. The fourth-order valence-corrected chi connectivity index (χ4v) is 2.45. The van der Waals surface area contributed by atoms with E-state index in [0.29, 0.717) is 12.5 Å². The fraction of sp³-hybridized carbons (Fsp3) is 0.769. The van der Waals surface area contributed by atoms with Gasteiger partial charge >= 0.3 is 0 Å². The molecule has 1 atom stereocenters. The monoisotopic (exact) mass is 317 g/mol. The van der Waals surface area contributed by atoms with Crippen LogP contribution in [-0.4, -0.2) is 27.5 Å². The van der Waals surface area contributed by atoms with Gasteiger partial charge in [-0.3, -0.25) is 4.68 Å². The van der Waals surface area contributed by atoms with Gasteiger partial charge in [0, 0.05) is 19.6 Å². The Morgan fingerprint density at radius 2 is 2.11 bits per heavy atom. The SMILES string of the molecule is CCn1nc(C)c(Br)c1CNCC(O)CC(C)C. The lowest BCUT2D eigenvalue weighted by Gasteiger charge is -2.14. The van der Waals surface area contributed by atoms with Crippen LogP contribution >= 0.6 is 15.9 Å². The van der Waals surface area contributed by atoms with Crippen molar-refractivity contribution in [3.8, 4) is 0 Å². The number of nitrogens with one attached hydrogen (secondary N) is 1. The Morgan fingerprint density at radius 3 is 2.67 bits per heavy atom. The lowest BCUT2D eigenvalue weighted by Crippen LogP contribution is -2.28. The number of aliphatic hydroxyl groups excluding tert-OH is 1. The standard InChI is InChI=1S/C13H24BrN3O/c1-5-17-12(13(14)10(4)16-17)8-15-7-11(18)6-9(2)3/h9,11,15,18H,5-8H2,1-4H3. The van der Waals surface area contributed by atoms with E-state index in [1.54, 1.807) is 0 Å². The van der Waals surface area contributed by atoms with E-state index in [0.717, 1.165) is 35.4 Å². The van der Waals surface area contributed by atoms with Crippen LogP contribution in [0.25, 0.3) is 0 Å². The average Bonchev–Trinajstić information content (AvgIpc) is 2.55. The number of aryl methyl sites for hydroxylation is 2. The van der Waals surface area contributed by atoms with Crippen LogP contribution in [-0.2, 0) is 13.1 Å². The van der Waals surface area contributed by atoms with E-state index < -0.39 is 0 Å². The predicted molar refractivity (Wildman–Crippen MR) is 77.5 cm³/mol. The van der Waals surface area contributed by atoms with Crippen molar-refractivity contribution in [3.63, 3.8) is 0 Å². The van der Waals surface area contributed by atoms with E-state index in [1.165, 1.54) is 0 Å². The van der Waals surface area contributed by atoms with Crippen molar-refractivity contribution in [2.24, 2.45) is 5.92 Å². The van der Waals surface area contributed by atoms with Gasteiger partial charge in [0.15, 0.2) is 0 Å². The van der Waals surface area contributed by atoms with Crippen LogP contribution in [0.3, 0.4) is 0 Å². The van der Waals surface area contributed by atoms with Crippen molar-refractivity contribution >= 4 is 15.9 Å². The molecular weight excluding hydrogens is 294 g/mol. The van der Waals surface area contributed by atoms with E-state index in [1.807, 2.05) is 11.6 Å². The minimum absolute atomic E-state index is 0.275. The number of halogens is 1. The number of rotatable bonds is 7. The molecule has 104 valence electrons. The van der Waals surface area contributed by atoms with Crippen LogP contribution in [0, 0.1) is 12.8 Å². The highest BCUT2D eigenvalue weighted by Gasteiger charge is 2.12. The maximum Gasteiger partial charge on any atom is 0.0739 e. The minimum Gasteiger partial charge on any atom is -0.392 e. The lowest BCUT2D eigenvalue weighted by atomic mass is 10.1. The van der Waals surface area contributed by atoms with Gasteiger partial charge in [-0.05, 0) is 42.1 Å². The summed E-state index contributed by atoms with van der Waals surface area (Å²) in [5.41, 5.74) is 2.16. The molecule has 18 heavy (non-hydrogen) atoms. The molecule has 4 nitrogen and oxygen atoms in total. The van der Waals surface area contributed by atoms with Crippen LogP contribution in [0.4, 0.5) is 0 Å². The highest BCUT2D eigenvalue weighted by Crippen LogP contribution is 2.20. The summed E-state index contributed by atoms with van der Waals surface area (Å²) in [7, 11) is 0. The quantitative estimate of drug-likeness (QED) is 0.812. The Labute approximate surface area is 118 Å². The third kappa shape index (κ3) is 4.37. The lowest BCUT2D eigenvalue weighted by molar-refractivity contribution is 0.146. The summed E-state index contributed by atoms with van der Waals surface area (Å²) in [6.45, 7) is 10.5. The van der Waals surface area contributed by atoms with E-state index in [-0.39, 0.29) is 6.10 Å². The Kier molecular flexibility index (Phi) is 6.32. The number of aliphatic hydroxyl groups is 1. The third-order valence-electron chi connectivity index (χ3n) is 2.87. The molecule has 1 unspecified atom stereocenters. The topological polar surface area (TPSA) is 50.1 Å². The first-order valence-electron chi connectivity index (χ1n) is 6.56. The summed E-state index contributed by atoms with van der Waals surface area (Å²) in [4.78, 5) is 0. The maximum atomic E-state index is 9.80.